The summed E-state index contributed by atoms with van der Waals surface area (Å²) in [4.78, 5) is 22.4. The Labute approximate surface area is 157 Å². The number of anilines is 2. The maximum Gasteiger partial charge on any atom is 0.435 e. The lowest BCUT2D eigenvalue weighted by atomic mass is 10.3. The molecule has 0 unspecified atom stereocenters. The number of fused-ring (bicyclic) bond motifs is 1. The molecule has 10 heteroatoms. The molecule has 0 radical (unpaired) electrons. The number of aromatic nitrogens is 3. The van der Waals surface area contributed by atoms with Crippen LogP contribution in [0.5, 0.6) is 0 Å². The van der Waals surface area contributed by atoms with Crippen molar-refractivity contribution in [2.24, 2.45) is 0 Å². The van der Waals surface area contributed by atoms with E-state index in [2.05, 4.69) is 20.2 Å². The van der Waals surface area contributed by atoms with E-state index in [0.29, 0.717) is 13.2 Å². The average molecular weight is 391 g/mol. The van der Waals surface area contributed by atoms with E-state index in [4.69, 9.17) is 4.74 Å². The SMILES string of the molecule is O=C(Nc1ccc(N2CCOCC2)cn1)c1c(C(F)(F)F)nc2ccccn12. The number of carbonyl (C=O) groups is 1. The fraction of sp³-hybridized carbons (Fsp3) is 0.278. The van der Waals surface area contributed by atoms with Gasteiger partial charge in [-0.15, -0.1) is 0 Å². The first-order valence-electron chi connectivity index (χ1n) is 8.58. The topological polar surface area (TPSA) is 71.8 Å². The first-order valence-corrected chi connectivity index (χ1v) is 8.58. The molecular formula is C18H16F3N5O2. The number of nitrogens with one attached hydrogen (secondary N) is 1. The van der Waals surface area contributed by atoms with E-state index in [-0.39, 0.29) is 11.5 Å². The van der Waals surface area contributed by atoms with Crippen LogP contribution in [0.1, 0.15) is 16.2 Å². The summed E-state index contributed by atoms with van der Waals surface area (Å²) in [6.07, 6.45) is -1.83. The number of alkyl halides is 3. The molecule has 1 aliphatic heterocycles. The lowest BCUT2D eigenvalue weighted by Gasteiger charge is -2.28. The van der Waals surface area contributed by atoms with Gasteiger partial charge in [-0.2, -0.15) is 13.2 Å². The van der Waals surface area contributed by atoms with Gasteiger partial charge < -0.3 is 15.0 Å². The number of ether oxygens (including phenoxy) is 1. The molecular weight excluding hydrogens is 375 g/mol. The predicted molar refractivity (Wildman–Crippen MR) is 95.4 cm³/mol. The number of hydrogen-bond acceptors (Lipinski definition) is 5. The second kappa shape index (κ2) is 7.12. The summed E-state index contributed by atoms with van der Waals surface area (Å²) in [7, 11) is 0. The van der Waals surface area contributed by atoms with E-state index >= 15 is 0 Å². The second-order valence-electron chi connectivity index (χ2n) is 6.19. The monoisotopic (exact) mass is 391 g/mol. The summed E-state index contributed by atoms with van der Waals surface area (Å²) in [5.41, 5.74) is -0.925. The summed E-state index contributed by atoms with van der Waals surface area (Å²) in [6, 6.07) is 7.80. The summed E-state index contributed by atoms with van der Waals surface area (Å²) >= 11 is 0. The summed E-state index contributed by atoms with van der Waals surface area (Å²) in [6.45, 7) is 2.69. The molecule has 1 N–H and O–H groups in total. The molecule has 1 fully saturated rings. The Bertz CT molecular complexity index is 995. The number of pyridine rings is 2. The Morgan fingerprint density at radius 3 is 2.61 bits per heavy atom. The van der Waals surface area contributed by atoms with Gasteiger partial charge in [0.25, 0.3) is 5.91 Å². The molecule has 28 heavy (non-hydrogen) atoms. The van der Waals surface area contributed by atoms with Gasteiger partial charge in [-0.1, -0.05) is 6.07 Å². The third-order valence-electron chi connectivity index (χ3n) is 4.38. The van der Waals surface area contributed by atoms with Crippen LogP contribution < -0.4 is 10.2 Å². The van der Waals surface area contributed by atoms with Crippen LogP contribution in [0.15, 0.2) is 42.7 Å². The number of morpholine rings is 1. The quantitative estimate of drug-likeness (QED) is 0.744. The van der Waals surface area contributed by atoms with Gasteiger partial charge in [0.1, 0.15) is 17.2 Å². The lowest BCUT2D eigenvalue weighted by Crippen LogP contribution is -2.36. The smallest absolute Gasteiger partial charge is 0.378 e. The highest BCUT2D eigenvalue weighted by Crippen LogP contribution is 2.32. The zero-order chi connectivity index (χ0) is 19.7. The number of hydrogen-bond donors (Lipinski definition) is 1. The molecule has 4 rings (SSSR count). The summed E-state index contributed by atoms with van der Waals surface area (Å²) in [5, 5.41) is 2.43. The van der Waals surface area contributed by atoms with Crippen LogP contribution in [0.4, 0.5) is 24.7 Å². The van der Waals surface area contributed by atoms with Gasteiger partial charge in [0.15, 0.2) is 5.69 Å². The molecule has 0 aliphatic carbocycles. The standard InChI is InChI=1S/C18H16F3N5O2/c19-18(20,21)16-15(26-6-2-1-3-14(26)24-16)17(27)23-13-5-4-12(11-22-13)25-7-9-28-10-8-25/h1-6,11H,7-10H2,(H,22,23,27). The highest BCUT2D eigenvalue weighted by Gasteiger charge is 2.40. The van der Waals surface area contributed by atoms with Gasteiger partial charge in [-0.05, 0) is 24.3 Å². The van der Waals surface area contributed by atoms with Gasteiger partial charge in [-0.3, -0.25) is 9.20 Å². The fourth-order valence-electron chi connectivity index (χ4n) is 3.05. The van der Waals surface area contributed by atoms with Gasteiger partial charge in [0.05, 0.1) is 25.1 Å². The molecule has 0 spiro atoms. The molecule has 146 valence electrons. The number of rotatable bonds is 3. The summed E-state index contributed by atoms with van der Waals surface area (Å²) < 4.78 is 46.5. The van der Waals surface area contributed by atoms with E-state index in [0.717, 1.165) is 23.2 Å². The van der Waals surface area contributed by atoms with Crippen molar-refractivity contribution in [1.29, 1.82) is 0 Å². The molecule has 0 bridgehead atoms. The van der Waals surface area contributed by atoms with Crippen molar-refractivity contribution in [2.45, 2.75) is 6.18 Å². The number of amides is 1. The predicted octanol–water partition coefficient (Wildman–Crippen LogP) is 2.84. The van der Waals surface area contributed by atoms with Gasteiger partial charge in [0, 0.05) is 19.3 Å². The Morgan fingerprint density at radius 2 is 1.93 bits per heavy atom. The number of halogens is 3. The molecule has 0 aromatic carbocycles. The molecule has 3 aromatic heterocycles. The molecule has 1 saturated heterocycles. The van der Waals surface area contributed by atoms with E-state index in [1.165, 1.54) is 18.3 Å². The van der Waals surface area contributed by atoms with Crippen LogP contribution in [0, 0.1) is 0 Å². The number of carbonyl (C=O) groups excluding carboxylic acids is 1. The van der Waals surface area contributed by atoms with Gasteiger partial charge >= 0.3 is 6.18 Å². The number of nitrogens with zero attached hydrogens (tertiary/aromatic N) is 4. The van der Waals surface area contributed by atoms with Crippen LogP contribution in [-0.4, -0.2) is 46.6 Å². The average Bonchev–Trinajstić information content (AvgIpc) is 3.09. The maximum absolute atomic E-state index is 13.4. The third kappa shape index (κ3) is 3.50. The first kappa shape index (κ1) is 18.2. The molecule has 0 atom stereocenters. The molecule has 3 aromatic rings. The van der Waals surface area contributed by atoms with Gasteiger partial charge in [0.2, 0.25) is 0 Å². The van der Waals surface area contributed by atoms with Crippen molar-refractivity contribution in [3.8, 4) is 0 Å². The van der Waals surface area contributed by atoms with E-state index < -0.39 is 23.5 Å². The Hall–Kier alpha value is -3.14. The van der Waals surface area contributed by atoms with Crippen molar-refractivity contribution >= 4 is 23.1 Å². The second-order valence-corrected chi connectivity index (χ2v) is 6.19. The van der Waals surface area contributed by atoms with Crippen LogP contribution in [-0.2, 0) is 10.9 Å². The maximum atomic E-state index is 13.4. The van der Waals surface area contributed by atoms with Crippen molar-refractivity contribution in [2.75, 3.05) is 36.5 Å². The highest BCUT2D eigenvalue weighted by molar-refractivity contribution is 6.04. The van der Waals surface area contributed by atoms with Crippen molar-refractivity contribution in [3.05, 3.63) is 54.1 Å². The number of imidazole rings is 1. The van der Waals surface area contributed by atoms with Crippen LogP contribution in [0.2, 0.25) is 0 Å². The molecule has 4 heterocycles. The minimum absolute atomic E-state index is 0.0376. The zero-order valence-corrected chi connectivity index (χ0v) is 14.6. The summed E-state index contributed by atoms with van der Waals surface area (Å²) in [5.74, 6) is -0.779. The van der Waals surface area contributed by atoms with Crippen molar-refractivity contribution in [3.63, 3.8) is 0 Å². The Kier molecular flexibility index (Phi) is 4.63. The lowest BCUT2D eigenvalue weighted by molar-refractivity contribution is -0.141. The Balaban J connectivity index is 1.60. The van der Waals surface area contributed by atoms with Crippen LogP contribution >= 0.6 is 0 Å². The normalized spacial score (nSPS) is 15.0. The first-order chi connectivity index (χ1) is 13.4. The molecule has 1 aliphatic rings. The fourth-order valence-corrected chi connectivity index (χ4v) is 3.05. The zero-order valence-electron chi connectivity index (χ0n) is 14.6. The largest absolute Gasteiger partial charge is 0.435 e. The minimum atomic E-state index is -4.76. The van der Waals surface area contributed by atoms with Crippen LogP contribution in [0.25, 0.3) is 5.65 Å². The third-order valence-corrected chi connectivity index (χ3v) is 4.38. The molecule has 1 amide bonds. The minimum Gasteiger partial charge on any atom is -0.378 e. The van der Waals surface area contributed by atoms with Crippen molar-refractivity contribution in [1.82, 2.24) is 14.4 Å². The van der Waals surface area contributed by atoms with Crippen molar-refractivity contribution < 1.29 is 22.7 Å². The van der Waals surface area contributed by atoms with E-state index in [9.17, 15) is 18.0 Å². The highest BCUT2D eigenvalue weighted by atomic mass is 19.4. The Morgan fingerprint density at radius 1 is 1.14 bits per heavy atom. The van der Waals surface area contributed by atoms with E-state index in [1.54, 1.807) is 24.4 Å². The van der Waals surface area contributed by atoms with Gasteiger partial charge in [-0.25, -0.2) is 9.97 Å². The van der Waals surface area contributed by atoms with Crippen LogP contribution in [0.3, 0.4) is 0 Å². The van der Waals surface area contributed by atoms with E-state index in [1.807, 2.05) is 0 Å². The molecule has 7 nitrogen and oxygen atoms in total. The molecule has 0 saturated carbocycles.